The van der Waals surface area contributed by atoms with Crippen LogP contribution in [0.15, 0.2) is 23.1 Å². The molecule has 2 fully saturated rings. The van der Waals surface area contributed by atoms with Crippen molar-refractivity contribution in [3.05, 3.63) is 23.8 Å². The fourth-order valence-corrected chi connectivity index (χ4v) is 5.75. The summed E-state index contributed by atoms with van der Waals surface area (Å²) in [5, 5.41) is 0. The van der Waals surface area contributed by atoms with Gasteiger partial charge in [-0.15, -0.1) is 0 Å². The molecule has 26 heavy (non-hydrogen) atoms. The smallest absolute Gasteiger partial charge is 0.244 e. The third kappa shape index (κ3) is 4.57. The average Bonchev–Trinajstić information content (AvgIpc) is 2.62. The number of nitrogens with zero attached hydrogens (tertiary/aromatic N) is 1. The average molecular weight is 383 g/mol. The molecule has 0 amide bonds. The molecule has 0 aromatic heterocycles. The Balaban J connectivity index is 1.86. The van der Waals surface area contributed by atoms with Crippen molar-refractivity contribution in [2.75, 3.05) is 40.0 Å². The number of morpholine rings is 1. The summed E-state index contributed by atoms with van der Waals surface area (Å²) in [6, 6.07) is 5.27. The lowest BCUT2D eigenvalue weighted by Gasteiger charge is -2.42. The minimum atomic E-state index is -3.67. The van der Waals surface area contributed by atoms with E-state index in [1.807, 2.05) is 13.0 Å². The zero-order valence-corrected chi connectivity index (χ0v) is 16.6. The SMILES string of the molecule is COc1ccc(C)cc1S(=O)(=O)NC1(CN2CCOCC2)CCCCC1. The number of rotatable bonds is 6. The lowest BCUT2D eigenvalue weighted by atomic mass is 9.82. The number of nitrogens with one attached hydrogen (secondary N) is 1. The highest BCUT2D eigenvalue weighted by atomic mass is 32.2. The summed E-state index contributed by atoms with van der Waals surface area (Å²) < 4.78 is 40.3. The molecule has 1 aliphatic carbocycles. The highest BCUT2D eigenvalue weighted by Gasteiger charge is 2.39. The van der Waals surface area contributed by atoms with E-state index in [1.54, 1.807) is 12.1 Å². The molecule has 0 bridgehead atoms. The van der Waals surface area contributed by atoms with Gasteiger partial charge in [0.15, 0.2) is 0 Å². The molecule has 1 aromatic rings. The van der Waals surface area contributed by atoms with Gasteiger partial charge < -0.3 is 9.47 Å². The first-order chi connectivity index (χ1) is 12.4. The first-order valence-electron chi connectivity index (χ1n) is 9.43. The van der Waals surface area contributed by atoms with Crippen LogP contribution in [0.25, 0.3) is 0 Å². The van der Waals surface area contributed by atoms with Gasteiger partial charge in [0.05, 0.1) is 20.3 Å². The summed E-state index contributed by atoms with van der Waals surface area (Å²) in [5.41, 5.74) is 0.487. The van der Waals surface area contributed by atoms with Crippen LogP contribution in [0.4, 0.5) is 0 Å². The Hall–Kier alpha value is -1.15. The minimum Gasteiger partial charge on any atom is -0.495 e. The lowest BCUT2D eigenvalue weighted by Crippen LogP contribution is -2.57. The largest absolute Gasteiger partial charge is 0.495 e. The molecule has 0 radical (unpaired) electrons. The topological polar surface area (TPSA) is 67.9 Å². The highest BCUT2D eigenvalue weighted by Crippen LogP contribution is 2.33. The fraction of sp³-hybridized carbons (Fsp3) is 0.684. The maximum Gasteiger partial charge on any atom is 0.244 e. The number of aryl methyl sites for hydroxylation is 1. The standard InChI is InChI=1S/C19H30N2O4S/c1-16-6-7-17(24-2)18(14-16)26(22,23)20-19(8-4-3-5-9-19)15-21-10-12-25-13-11-21/h6-7,14,20H,3-5,8-13,15H2,1-2H3. The van der Waals surface area contributed by atoms with Crippen molar-refractivity contribution < 1.29 is 17.9 Å². The lowest BCUT2D eigenvalue weighted by molar-refractivity contribution is 0.0214. The number of hydrogen-bond acceptors (Lipinski definition) is 5. The van der Waals surface area contributed by atoms with Gasteiger partial charge in [-0.3, -0.25) is 4.90 Å². The molecule has 1 aliphatic heterocycles. The molecule has 0 unspecified atom stereocenters. The number of benzene rings is 1. The normalized spacial score (nSPS) is 21.5. The van der Waals surface area contributed by atoms with Crippen LogP contribution < -0.4 is 9.46 Å². The summed E-state index contributed by atoms with van der Waals surface area (Å²) in [6.45, 7) is 5.78. The van der Waals surface area contributed by atoms with Gasteiger partial charge in [-0.25, -0.2) is 13.1 Å². The van der Waals surface area contributed by atoms with Crippen molar-refractivity contribution in [3.8, 4) is 5.75 Å². The number of ether oxygens (including phenoxy) is 2. The van der Waals surface area contributed by atoms with Gasteiger partial charge in [-0.05, 0) is 37.5 Å². The van der Waals surface area contributed by atoms with Crippen LogP contribution in [0.2, 0.25) is 0 Å². The molecule has 1 saturated carbocycles. The predicted octanol–water partition coefficient (Wildman–Crippen LogP) is 2.32. The molecule has 1 saturated heterocycles. The summed E-state index contributed by atoms with van der Waals surface area (Å²) in [5.74, 6) is 0.389. The van der Waals surface area contributed by atoms with Gasteiger partial charge in [-0.1, -0.05) is 25.3 Å². The molecule has 3 rings (SSSR count). The third-order valence-electron chi connectivity index (χ3n) is 5.40. The van der Waals surface area contributed by atoms with Gasteiger partial charge in [0, 0.05) is 25.2 Å². The van der Waals surface area contributed by atoms with Crippen LogP contribution in [-0.2, 0) is 14.8 Å². The van der Waals surface area contributed by atoms with Crippen molar-refractivity contribution in [2.45, 2.75) is 49.5 Å². The zero-order chi connectivity index (χ0) is 18.6. The van der Waals surface area contributed by atoms with Crippen LogP contribution >= 0.6 is 0 Å². The van der Waals surface area contributed by atoms with Crippen molar-refractivity contribution in [1.82, 2.24) is 9.62 Å². The monoisotopic (exact) mass is 382 g/mol. The summed E-state index contributed by atoms with van der Waals surface area (Å²) >= 11 is 0. The van der Waals surface area contributed by atoms with E-state index in [2.05, 4.69) is 9.62 Å². The Bertz CT molecular complexity index is 708. The molecule has 2 aliphatic rings. The minimum absolute atomic E-state index is 0.229. The first-order valence-corrected chi connectivity index (χ1v) is 10.9. The number of sulfonamides is 1. The summed E-state index contributed by atoms with van der Waals surface area (Å²) in [4.78, 5) is 2.55. The number of hydrogen-bond donors (Lipinski definition) is 1. The summed E-state index contributed by atoms with van der Waals surface area (Å²) in [6.07, 6.45) is 5.02. The third-order valence-corrected chi connectivity index (χ3v) is 7.00. The van der Waals surface area contributed by atoms with Crippen LogP contribution in [0.3, 0.4) is 0 Å². The summed E-state index contributed by atoms with van der Waals surface area (Å²) in [7, 11) is -2.16. The first kappa shape index (κ1) is 19.6. The van der Waals surface area contributed by atoms with E-state index in [4.69, 9.17) is 9.47 Å². The predicted molar refractivity (Wildman–Crippen MR) is 101 cm³/mol. The molecular formula is C19H30N2O4S. The van der Waals surface area contributed by atoms with E-state index in [-0.39, 0.29) is 4.90 Å². The molecule has 146 valence electrons. The van der Waals surface area contributed by atoms with E-state index in [0.29, 0.717) is 19.0 Å². The molecule has 7 heteroatoms. The van der Waals surface area contributed by atoms with Gasteiger partial charge in [0.1, 0.15) is 10.6 Å². The Labute approximate surface area is 156 Å². The van der Waals surface area contributed by atoms with Gasteiger partial charge in [-0.2, -0.15) is 0 Å². The van der Waals surface area contributed by atoms with E-state index < -0.39 is 15.6 Å². The van der Waals surface area contributed by atoms with Crippen molar-refractivity contribution in [3.63, 3.8) is 0 Å². The Morgan fingerprint density at radius 1 is 1.19 bits per heavy atom. The number of methoxy groups -OCH3 is 1. The Morgan fingerprint density at radius 2 is 1.88 bits per heavy atom. The van der Waals surface area contributed by atoms with E-state index >= 15 is 0 Å². The van der Waals surface area contributed by atoms with Crippen molar-refractivity contribution in [1.29, 1.82) is 0 Å². The zero-order valence-electron chi connectivity index (χ0n) is 15.8. The van der Waals surface area contributed by atoms with Crippen molar-refractivity contribution in [2.24, 2.45) is 0 Å². The molecule has 1 N–H and O–H groups in total. The second-order valence-electron chi connectivity index (χ2n) is 7.49. The Kier molecular flexibility index (Phi) is 6.22. The molecule has 6 nitrogen and oxygen atoms in total. The second-order valence-corrected chi connectivity index (χ2v) is 9.14. The molecule has 1 aromatic carbocycles. The maximum atomic E-state index is 13.2. The van der Waals surface area contributed by atoms with Gasteiger partial charge in [0.2, 0.25) is 10.0 Å². The van der Waals surface area contributed by atoms with E-state index in [9.17, 15) is 8.42 Å². The van der Waals surface area contributed by atoms with Crippen LogP contribution in [-0.4, -0.2) is 58.8 Å². The Morgan fingerprint density at radius 3 is 2.54 bits per heavy atom. The maximum absolute atomic E-state index is 13.2. The van der Waals surface area contributed by atoms with E-state index in [0.717, 1.165) is 50.9 Å². The van der Waals surface area contributed by atoms with Crippen LogP contribution in [0.1, 0.15) is 37.7 Å². The molecule has 1 heterocycles. The second kappa shape index (κ2) is 8.25. The fourth-order valence-electron chi connectivity index (χ4n) is 4.04. The molecule has 0 atom stereocenters. The van der Waals surface area contributed by atoms with Gasteiger partial charge >= 0.3 is 0 Å². The van der Waals surface area contributed by atoms with Gasteiger partial charge in [0.25, 0.3) is 0 Å². The van der Waals surface area contributed by atoms with Crippen LogP contribution in [0, 0.1) is 6.92 Å². The highest BCUT2D eigenvalue weighted by molar-refractivity contribution is 7.89. The van der Waals surface area contributed by atoms with E-state index in [1.165, 1.54) is 13.5 Å². The van der Waals surface area contributed by atoms with Crippen LogP contribution in [0.5, 0.6) is 5.75 Å². The quantitative estimate of drug-likeness (QED) is 0.818. The van der Waals surface area contributed by atoms with Crippen molar-refractivity contribution >= 4 is 10.0 Å². The molecule has 0 spiro atoms. The molecular weight excluding hydrogens is 352 g/mol.